The minimum absolute atomic E-state index is 0.0810. The maximum absolute atomic E-state index is 13.3. The zero-order chi connectivity index (χ0) is 19.6. The molecule has 0 saturated heterocycles. The molecule has 2 aromatic rings. The van der Waals surface area contributed by atoms with Crippen LogP contribution in [0.3, 0.4) is 0 Å². The van der Waals surface area contributed by atoms with Crippen LogP contribution in [0, 0.1) is 5.92 Å². The second-order valence-electron chi connectivity index (χ2n) is 7.05. The topological polar surface area (TPSA) is 29.5 Å². The summed E-state index contributed by atoms with van der Waals surface area (Å²) in [5.41, 5.74) is 2.45. The molecule has 0 radical (unpaired) electrons. The Morgan fingerprint density at radius 2 is 1.85 bits per heavy atom. The summed E-state index contributed by atoms with van der Waals surface area (Å²) in [6.45, 7) is 4.75. The molecule has 0 aliphatic carbocycles. The van der Waals surface area contributed by atoms with Crippen LogP contribution in [-0.4, -0.2) is 24.4 Å². The number of carbonyl (C=O) groups excluding carboxylic acids is 1. The second kappa shape index (κ2) is 8.83. The van der Waals surface area contributed by atoms with Gasteiger partial charge in [0.05, 0.1) is 0 Å². The van der Waals surface area contributed by atoms with Crippen molar-refractivity contribution in [2.45, 2.75) is 32.5 Å². The zero-order valence-electron chi connectivity index (χ0n) is 15.3. The lowest BCUT2D eigenvalue weighted by atomic mass is 9.99. The predicted molar refractivity (Wildman–Crippen MR) is 112 cm³/mol. The highest BCUT2D eigenvalue weighted by atomic mass is 35.5. The molecule has 3 nitrogen and oxygen atoms in total. The summed E-state index contributed by atoms with van der Waals surface area (Å²) in [6.07, 6.45) is -0.715. The summed E-state index contributed by atoms with van der Waals surface area (Å²) in [6, 6.07) is 13.0. The fraction of sp³-hybridized carbons (Fsp3) is 0.381. The fourth-order valence-electron chi connectivity index (χ4n) is 3.34. The zero-order valence-corrected chi connectivity index (χ0v) is 17.6. The molecule has 1 aliphatic rings. The molecule has 1 amide bonds. The molecule has 2 unspecified atom stereocenters. The Kier molecular flexibility index (Phi) is 6.69. The van der Waals surface area contributed by atoms with Crippen molar-refractivity contribution in [3.63, 3.8) is 0 Å². The Morgan fingerprint density at radius 1 is 1.11 bits per heavy atom. The molecular formula is C21H22Cl3NO2. The summed E-state index contributed by atoms with van der Waals surface area (Å²) in [5, 5.41) is 1.17. The molecule has 0 N–H and O–H groups in total. The van der Waals surface area contributed by atoms with Crippen molar-refractivity contribution in [3.05, 3.63) is 63.6 Å². The third-order valence-electron chi connectivity index (χ3n) is 4.51. The Hall–Kier alpha value is -1.26. The molecule has 1 aliphatic heterocycles. The Morgan fingerprint density at radius 3 is 2.52 bits per heavy atom. The van der Waals surface area contributed by atoms with E-state index in [0.717, 1.165) is 16.8 Å². The van der Waals surface area contributed by atoms with Crippen LogP contribution in [0.2, 0.25) is 10.0 Å². The number of benzene rings is 2. The minimum atomic E-state index is -0.645. The number of hydrogen-bond donors (Lipinski definition) is 0. The van der Waals surface area contributed by atoms with Gasteiger partial charge in [-0.2, -0.15) is 0 Å². The van der Waals surface area contributed by atoms with Crippen LogP contribution in [-0.2, 0) is 9.53 Å². The van der Waals surface area contributed by atoms with Crippen molar-refractivity contribution in [2.75, 3.05) is 17.3 Å². The van der Waals surface area contributed by atoms with E-state index in [1.54, 1.807) is 11.0 Å². The number of carbonyl (C=O) groups is 1. The lowest BCUT2D eigenvalue weighted by molar-refractivity contribution is -0.132. The summed E-state index contributed by atoms with van der Waals surface area (Å²) < 4.78 is 6.31. The van der Waals surface area contributed by atoms with Crippen LogP contribution < -0.4 is 4.90 Å². The van der Waals surface area contributed by atoms with Crippen molar-refractivity contribution in [2.24, 2.45) is 5.92 Å². The van der Waals surface area contributed by atoms with Crippen molar-refractivity contribution < 1.29 is 9.53 Å². The number of halogens is 3. The number of fused-ring (bicyclic) bond motifs is 1. The van der Waals surface area contributed by atoms with E-state index in [2.05, 4.69) is 13.8 Å². The number of hydrogen-bond acceptors (Lipinski definition) is 2. The molecule has 2 aromatic carbocycles. The van der Waals surface area contributed by atoms with E-state index >= 15 is 0 Å². The van der Waals surface area contributed by atoms with E-state index in [1.165, 1.54) is 0 Å². The summed E-state index contributed by atoms with van der Waals surface area (Å²) in [5.74, 6) is 0.548. The third-order valence-corrected chi connectivity index (χ3v) is 5.31. The number of alkyl halides is 1. The lowest BCUT2D eigenvalue weighted by Crippen LogP contribution is -2.41. The van der Waals surface area contributed by atoms with Gasteiger partial charge in [-0.1, -0.05) is 55.2 Å². The predicted octanol–water partition coefficient (Wildman–Crippen LogP) is 6.10. The summed E-state index contributed by atoms with van der Waals surface area (Å²) in [4.78, 5) is 15.1. The molecule has 0 aromatic heterocycles. The first-order valence-corrected chi connectivity index (χ1v) is 10.3. The fourth-order valence-corrected chi connectivity index (χ4v) is 3.96. The van der Waals surface area contributed by atoms with Gasteiger partial charge in [0.1, 0.15) is 12.2 Å². The average molecular weight is 427 g/mol. The van der Waals surface area contributed by atoms with Crippen LogP contribution in [0.15, 0.2) is 42.5 Å². The maximum Gasteiger partial charge on any atom is 0.256 e. The van der Waals surface area contributed by atoms with Crippen LogP contribution in [0.1, 0.15) is 37.5 Å². The van der Waals surface area contributed by atoms with Gasteiger partial charge in [-0.3, -0.25) is 4.79 Å². The number of ether oxygens (including phenoxy) is 1. The second-order valence-corrected chi connectivity index (χ2v) is 8.27. The first-order valence-electron chi connectivity index (χ1n) is 8.99. The highest BCUT2D eigenvalue weighted by Crippen LogP contribution is 2.42. The van der Waals surface area contributed by atoms with E-state index in [4.69, 9.17) is 39.5 Å². The highest BCUT2D eigenvalue weighted by molar-refractivity contribution is 6.31. The van der Waals surface area contributed by atoms with E-state index in [9.17, 15) is 4.79 Å². The van der Waals surface area contributed by atoms with Gasteiger partial charge in [0.25, 0.3) is 5.91 Å². The summed E-state index contributed by atoms with van der Waals surface area (Å²) >= 11 is 18.7. The van der Waals surface area contributed by atoms with Gasteiger partial charge in [-0.25, -0.2) is 0 Å². The Labute approximate surface area is 175 Å². The van der Waals surface area contributed by atoms with Gasteiger partial charge in [-0.15, -0.1) is 11.6 Å². The van der Waals surface area contributed by atoms with Gasteiger partial charge in [0.2, 0.25) is 0 Å². The van der Waals surface area contributed by atoms with E-state index in [0.29, 0.717) is 34.8 Å². The van der Waals surface area contributed by atoms with Crippen molar-refractivity contribution in [1.29, 1.82) is 0 Å². The molecule has 0 spiro atoms. The SMILES string of the molecule is CC(C)CN1C(=O)C(CCCl)OC(c2ccccc2Cl)c2cc(Cl)ccc21. The molecule has 1 heterocycles. The highest BCUT2D eigenvalue weighted by Gasteiger charge is 2.37. The van der Waals surface area contributed by atoms with Crippen molar-refractivity contribution >= 4 is 46.4 Å². The van der Waals surface area contributed by atoms with Gasteiger partial charge in [0.15, 0.2) is 0 Å². The molecule has 6 heteroatoms. The minimum Gasteiger partial charge on any atom is -0.356 e. The van der Waals surface area contributed by atoms with Crippen LogP contribution in [0.25, 0.3) is 0 Å². The monoisotopic (exact) mass is 425 g/mol. The number of amides is 1. The van der Waals surface area contributed by atoms with Gasteiger partial charge in [0, 0.05) is 39.3 Å². The van der Waals surface area contributed by atoms with Crippen molar-refractivity contribution in [3.8, 4) is 0 Å². The molecule has 0 fully saturated rings. The normalized spacial score (nSPS) is 19.9. The Balaban J connectivity index is 2.19. The van der Waals surface area contributed by atoms with Gasteiger partial charge < -0.3 is 9.64 Å². The number of anilines is 1. The quantitative estimate of drug-likeness (QED) is 0.541. The molecule has 144 valence electrons. The number of rotatable bonds is 5. The lowest BCUT2D eigenvalue weighted by Gasteiger charge is -2.26. The smallest absolute Gasteiger partial charge is 0.256 e. The summed E-state index contributed by atoms with van der Waals surface area (Å²) in [7, 11) is 0. The van der Waals surface area contributed by atoms with E-state index in [-0.39, 0.29) is 5.91 Å². The molecule has 2 atom stereocenters. The molecule has 27 heavy (non-hydrogen) atoms. The van der Waals surface area contributed by atoms with Crippen LogP contribution in [0.4, 0.5) is 5.69 Å². The molecule has 0 saturated carbocycles. The molecule has 0 bridgehead atoms. The number of nitrogens with zero attached hydrogens (tertiary/aromatic N) is 1. The van der Waals surface area contributed by atoms with Gasteiger partial charge >= 0.3 is 0 Å². The Bertz CT molecular complexity index is 825. The standard InChI is InChI=1S/C21H22Cl3NO2/c1-13(2)12-25-18-8-7-14(23)11-16(18)20(15-5-3-4-6-17(15)24)27-19(9-10-22)21(25)26/h3-8,11,13,19-20H,9-10,12H2,1-2H3. The van der Waals surface area contributed by atoms with Gasteiger partial charge in [-0.05, 0) is 36.6 Å². The van der Waals surface area contributed by atoms with Crippen LogP contribution >= 0.6 is 34.8 Å². The van der Waals surface area contributed by atoms with E-state index in [1.807, 2.05) is 36.4 Å². The third kappa shape index (κ3) is 4.43. The largest absolute Gasteiger partial charge is 0.356 e. The van der Waals surface area contributed by atoms with E-state index < -0.39 is 12.2 Å². The first kappa shape index (κ1) is 20.5. The van der Waals surface area contributed by atoms with Crippen LogP contribution in [0.5, 0.6) is 0 Å². The average Bonchev–Trinajstić information content (AvgIpc) is 2.73. The first-order chi connectivity index (χ1) is 12.9. The van der Waals surface area contributed by atoms with Crippen molar-refractivity contribution in [1.82, 2.24) is 0 Å². The maximum atomic E-state index is 13.3. The molecular weight excluding hydrogens is 405 g/mol. The molecule has 3 rings (SSSR count).